The first-order valence-corrected chi connectivity index (χ1v) is 2.80. The van der Waals surface area contributed by atoms with E-state index in [0.717, 1.165) is 15.4 Å². The van der Waals surface area contributed by atoms with E-state index in [0.29, 0.717) is 0 Å². The van der Waals surface area contributed by atoms with Gasteiger partial charge in [0.1, 0.15) is 0 Å². The molecule has 0 saturated heterocycles. The highest BCUT2D eigenvalue weighted by molar-refractivity contribution is 7.72. The predicted octanol–water partition coefficient (Wildman–Crippen LogP) is 1.84. The molecule has 0 bridgehead atoms. The summed E-state index contributed by atoms with van der Waals surface area (Å²) in [6.07, 6.45) is 1.76. The van der Waals surface area contributed by atoms with Crippen LogP contribution in [0, 0.1) is 4.51 Å². The van der Waals surface area contributed by atoms with Crippen molar-refractivity contribution in [3.63, 3.8) is 0 Å². The molecule has 2 rings (SSSR count). The van der Waals surface area contributed by atoms with Gasteiger partial charge in [0.25, 0.3) is 0 Å². The molecule has 1 heterocycles. The van der Waals surface area contributed by atoms with Crippen LogP contribution in [0.3, 0.4) is 0 Å². The highest BCUT2D eigenvalue weighted by Gasteiger charge is 2.05. The standard InChI is InChI=1S/C6H3NS/c8-6-4-2-1-3-7-5(4)6/h1-3H. The second-order valence-electron chi connectivity index (χ2n) is 1.73. The fourth-order valence-corrected chi connectivity index (χ4v) is 0.990. The molecule has 0 saturated carbocycles. The zero-order valence-corrected chi connectivity index (χ0v) is 4.90. The molecule has 0 spiro atoms. The number of pyridine rings is 1. The number of hydrogen-bond donors (Lipinski definition) is 0. The van der Waals surface area contributed by atoms with Gasteiger partial charge >= 0.3 is 0 Å². The molecule has 0 radical (unpaired) electrons. The smallest absolute Gasteiger partial charge is 0.0904 e. The van der Waals surface area contributed by atoms with Crippen molar-refractivity contribution in [1.29, 1.82) is 0 Å². The first kappa shape index (κ1) is 4.15. The lowest BCUT2D eigenvalue weighted by molar-refractivity contribution is 1.45. The molecule has 0 amide bonds. The van der Waals surface area contributed by atoms with Crippen molar-refractivity contribution < 1.29 is 0 Å². The predicted molar refractivity (Wildman–Crippen MR) is 34.9 cm³/mol. The first-order valence-electron chi connectivity index (χ1n) is 2.39. The van der Waals surface area contributed by atoms with Gasteiger partial charge in [-0.3, -0.25) is 4.98 Å². The number of rotatable bonds is 0. The van der Waals surface area contributed by atoms with Crippen LogP contribution >= 0.6 is 12.2 Å². The van der Waals surface area contributed by atoms with Gasteiger partial charge in [0.15, 0.2) is 0 Å². The maximum absolute atomic E-state index is 4.89. The summed E-state index contributed by atoms with van der Waals surface area (Å²) < 4.78 is 0.940. The molecule has 0 N–H and O–H groups in total. The van der Waals surface area contributed by atoms with Gasteiger partial charge in [-0.15, -0.1) is 0 Å². The van der Waals surface area contributed by atoms with Gasteiger partial charge in [-0.05, 0) is 12.1 Å². The Morgan fingerprint density at radius 3 is 2.88 bits per heavy atom. The number of aromatic nitrogens is 1. The maximum Gasteiger partial charge on any atom is 0.0904 e. The van der Waals surface area contributed by atoms with Gasteiger partial charge in [-0.25, -0.2) is 0 Å². The van der Waals surface area contributed by atoms with Crippen LogP contribution in [0.15, 0.2) is 18.3 Å². The molecule has 1 aromatic heterocycles. The summed E-state index contributed by atoms with van der Waals surface area (Å²) in [5.41, 5.74) is 1.02. The minimum absolute atomic E-state index is 0.940. The summed E-state index contributed by atoms with van der Waals surface area (Å²) in [6.45, 7) is 0. The van der Waals surface area contributed by atoms with E-state index in [2.05, 4.69) is 4.98 Å². The van der Waals surface area contributed by atoms with E-state index in [4.69, 9.17) is 12.2 Å². The van der Waals surface area contributed by atoms with Crippen LogP contribution in [-0.4, -0.2) is 4.98 Å². The van der Waals surface area contributed by atoms with E-state index in [1.807, 2.05) is 12.1 Å². The van der Waals surface area contributed by atoms with Gasteiger partial charge in [-0.1, -0.05) is 12.2 Å². The summed E-state index contributed by atoms with van der Waals surface area (Å²) in [5.74, 6) is 0. The molecule has 8 heavy (non-hydrogen) atoms. The van der Waals surface area contributed by atoms with Gasteiger partial charge in [0, 0.05) is 11.6 Å². The second-order valence-corrected chi connectivity index (χ2v) is 2.14. The Morgan fingerprint density at radius 2 is 2.38 bits per heavy atom. The fourth-order valence-electron chi connectivity index (χ4n) is 0.714. The lowest BCUT2D eigenvalue weighted by Gasteiger charge is -1.67. The van der Waals surface area contributed by atoms with Crippen molar-refractivity contribution in [3.8, 4) is 0 Å². The fraction of sp³-hybridized carbons (Fsp3) is 0. The SMILES string of the molecule is S=c1c2cccnc12. The number of hydrogen-bond acceptors (Lipinski definition) is 2. The highest BCUT2D eigenvalue weighted by Crippen LogP contribution is 2.23. The third kappa shape index (κ3) is 0.357. The summed E-state index contributed by atoms with van der Waals surface area (Å²) >= 11 is 4.89. The van der Waals surface area contributed by atoms with E-state index in [-0.39, 0.29) is 0 Å². The summed E-state index contributed by atoms with van der Waals surface area (Å²) in [7, 11) is 0. The van der Waals surface area contributed by atoms with Crippen LogP contribution < -0.4 is 0 Å². The third-order valence-electron chi connectivity index (χ3n) is 1.20. The van der Waals surface area contributed by atoms with Crippen LogP contribution in [0.25, 0.3) is 10.9 Å². The normalized spacial score (nSPS) is 11.0. The Balaban J connectivity index is 3.03. The van der Waals surface area contributed by atoms with E-state index >= 15 is 0 Å². The Kier molecular flexibility index (Phi) is 0.594. The molecular formula is C6H3NS. The van der Waals surface area contributed by atoms with E-state index in [1.54, 1.807) is 6.20 Å². The average Bonchev–Trinajstić information content (AvgIpc) is 2.46. The molecule has 0 aliphatic heterocycles. The van der Waals surface area contributed by atoms with Crippen molar-refractivity contribution in [2.45, 2.75) is 0 Å². The van der Waals surface area contributed by atoms with Crippen molar-refractivity contribution in [1.82, 2.24) is 4.98 Å². The molecule has 0 aliphatic carbocycles. The lowest BCUT2D eigenvalue weighted by Crippen LogP contribution is -1.55. The highest BCUT2D eigenvalue weighted by atomic mass is 32.1. The van der Waals surface area contributed by atoms with Gasteiger partial charge < -0.3 is 0 Å². The molecule has 2 heteroatoms. The molecule has 1 aromatic carbocycles. The molecule has 38 valence electrons. The lowest BCUT2D eigenvalue weighted by atomic mass is 10.5. The minimum atomic E-state index is 0.940. The van der Waals surface area contributed by atoms with Crippen LogP contribution in [0.4, 0.5) is 0 Å². The van der Waals surface area contributed by atoms with E-state index in [9.17, 15) is 0 Å². The number of fused-ring (bicyclic) bond motifs is 1. The Hall–Kier alpha value is -0.760. The van der Waals surface area contributed by atoms with E-state index < -0.39 is 0 Å². The van der Waals surface area contributed by atoms with Gasteiger partial charge in [0.2, 0.25) is 0 Å². The molecule has 0 unspecified atom stereocenters. The Morgan fingerprint density at radius 1 is 1.50 bits per heavy atom. The van der Waals surface area contributed by atoms with Crippen LogP contribution in [0.2, 0.25) is 0 Å². The molecule has 2 aromatic rings. The largest absolute Gasteiger partial charge is 0.255 e. The zero-order chi connectivity index (χ0) is 5.56. The first-order chi connectivity index (χ1) is 3.89. The molecule has 0 fully saturated rings. The molecule has 0 atom stereocenters. The van der Waals surface area contributed by atoms with Crippen molar-refractivity contribution >= 4 is 23.1 Å². The van der Waals surface area contributed by atoms with Gasteiger partial charge in [-0.2, -0.15) is 0 Å². The minimum Gasteiger partial charge on any atom is -0.255 e. The van der Waals surface area contributed by atoms with Crippen molar-refractivity contribution in [2.75, 3.05) is 0 Å². The van der Waals surface area contributed by atoms with Gasteiger partial charge in [0.05, 0.1) is 10.0 Å². The summed E-state index contributed by atoms with van der Waals surface area (Å²) in [5, 5.41) is 1.16. The topological polar surface area (TPSA) is 12.9 Å². The third-order valence-corrected chi connectivity index (χ3v) is 1.62. The van der Waals surface area contributed by atoms with Crippen molar-refractivity contribution in [3.05, 3.63) is 22.8 Å². The monoisotopic (exact) mass is 121 g/mol. The average molecular weight is 121 g/mol. The zero-order valence-electron chi connectivity index (χ0n) is 4.09. The van der Waals surface area contributed by atoms with Crippen molar-refractivity contribution in [2.24, 2.45) is 0 Å². The molecule has 1 nitrogen and oxygen atoms in total. The Labute approximate surface area is 51.7 Å². The summed E-state index contributed by atoms with van der Waals surface area (Å²) in [6, 6.07) is 3.89. The van der Waals surface area contributed by atoms with Crippen LogP contribution in [0.1, 0.15) is 0 Å². The van der Waals surface area contributed by atoms with E-state index in [1.165, 1.54) is 0 Å². The second kappa shape index (κ2) is 1.14. The van der Waals surface area contributed by atoms with Crippen LogP contribution in [0.5, 0.6) is 0 Å². The molecular weight excluding hydrogens is 118 g/mol. The molecule has 0 aliphatic rings. The number of nitrogens with zero attached hydrogens (tertiary/aromatic N) is 1. The summed E-state index contributed by atoms with van der Waals surface area (Å²) in [4.78, 5) is 4.01. The van der Waals surface area contributed by atoms with Crippen LogP contribution in [-0.2, 0) is 0 Å². The maximum atomic E-state index is 4.89. The quantitative estimate of drug-likeness (QED) is 0.493. The Bertz CT molecular complexity index is 299.